The zero-order chi connectivity index (χ0) is 34.1. The van der Waals surface area contributed by atoms with Gasteiger partial charge in [-0.25, -0.2) is 0 Å². The van der Waals surface area contributed by atoms with Crippen LogP contribution in [0, 0.1) is 12.1 Å². The van der Waals surface area contributed by atoms with Crippen molar-refractivity contribution in [2.75, 3.05) is 0 Å². The van der Waals surface area contributed by atoms with Crippen molar-refractivity contribution in [3.8, 4) is 11.3 Å². The fourth-order valence-electron chi connectivity index (χ4n) is 7.79. The van der Waals surface area contributed by atoms with Crippen molar-refractivity contribution in [1.29, 1.82) is 0 Å². The molecule has 7 aromatic rings. The molecule has 1 radical (unpaired) electrons. The van der Waals surface area contributed by atoms with E-state index in [2.05, 4.69) is 111 Å². The minimum atomic E-state index is -1.36. The number of rotatable bonds is 5. The van der Waals surface area contributed by atoms with Crippen LogP contribution in [0.3, 0.4) is 0 Å². The number of para-hydroxylation sites is 2. The number of nitrogens with zero attached hydrogens (tertiary/aromatic N) is 2. The van der Waals surface area contributed by atoms with E-state index in [0.29, 0.717) is 0 Å². The summed E-state index contributed by atoms with van der Waals surface area (Å²) >= 11 is 0. The van der Waals surface area contributed by atoms with Crippen LogP contribution < -0.4 is 5.19 Å². The number of pyridine rings is 1. The maximum atomic E-state index is 6.27. The number of fused-ring (bicyclic) bond motifs is 4. The average molecular weight is 859 g/mol. The summed E-state index contributed by atoms with van der Waals surface area (Å²) in [4.78, 5) is 9.80. The topological polar surface area (TPSA) is 38.4 Å². The molecule has 5 heteroatoms. The van der Waals surface area contributed by atoms with Crippen LogP contribution in [0.1, 0.15) is 66.2 Å². The summed E-state index contributed by atoms with van der Waals surface area (Å²) in [6.07, 6.45) is 9.03. The Balaban J connectivity index is 0.000000161. The predicted molar refractivity (Wildman–Crippen MR) is 211 cm³/mol. The summed E-state index contributed by atoms with van der Waals surface area (Å²) in [5.41, 5.74) is 11.0. The van der Waals surface area contributed by atoms with Gasteiger partial charge in [-0.1, -0.05) is 128 Å². The molecule has 5 aromatic carbocycles. The molecule has 1 atom stereocenters. The van der Waals surface area contributed by atoms with Crippen LogP contribution in [0.2, 0.25) is 19.6 Å². The molecule has 0 N–H and O–H groups in total. The second-order valence-corrected chi connectivity index (χ2v) is 19.6. The Morgan fingerprint density at radius 3 is 2.24 bits per heavy atom. The maximum absolute atomic E-state index is 6.27. The maximum Gasteiger partial charge on any atom is 0.120 e. The molecule has 1 aliphatic carbocycles. The Morgan fingerprint density at radius 2 is 1.45 bits per heavy atom. The van der Waals surface area contributed by atoms with Gasteiger partial charge >= 0.3 is 0 Å². The van der Waals surface area contributed by atoms with Crippen LogP contribution in [0.5, 0.6) is 0 Å². The first-order chi connectivity index (χ1) is 24.5. The molecule has 3 nitrogen and oxygen atoms in total. The molecule has 1 aliphatic heterocycles. The third-order valence-corrected chi connectivity index (χ3v) is 12.3. The molecule has 1 saturated carbocycles. The van der Waals surface area contributed by atoms with Gasteiger partial charge in [-0.15, -0.1) is 54.1 Å². The summed E-state index contributed by atoms with van der Waals surface area (Å²) < 4.78 is 6.27. The van der Waals surface area contributed by atoms with Crippen LogP contribution in [-0.2, 0) is 20.1 Å². The molecular formula is C46H42IrN2OSi-2. The van der Waals surface area contributed by atoms with E-state index in [4.69, 9.17) is 14.4 Å². The van der Waals surface area contributed by atoms with E-state index in [-0.39, 0.29) is 26.0 Å². The molecule has 1 unspecified atom stereocenters. The van der Waals surface area contributed by atoms with Gasteiger partial charge in [-0.05, 0) is 58.6 Å². The normalized spacial score (nSPS) is 15.8. The fraction of sp³-hybridized carbons (Fsp3) is 0.217. The first kappa shape index (κ1) is 35.0. The van der Waals surface area contributed by atoms with Crippen molar-refractivity contribution in [2.45, 2.75) is 63.6 Å². The predicted octanol–water partition coefficient (Wildman–Crippen LogP) is 11.8. The second kappa shape index (κ2) is 15.1. The van der Waals surface area contributed by atoms with Gasteiger partial charge < -0.3 is 9.40 Å². The Morgan fingerprint density at radius 1 is 0.706 bits per heavy atom. The van der Waals surface area contributed by atoms with Crippen molar-refractivity contribution in [3.63, 3.8) is 0 Å². The number of aromatic nitrogens is 1. The molecule has 0 saturated heterocycles. The minimum Gasteiger partial charge on any atom is -0.501 e. The van der Waals surface area contributed by atoms with E-state index in [1.807, 2.05) is 48.5 Å². The third kappa shape index (κ3) is 7.08. The third-order valence-electron chi connectivity index (χ3n) is 10.3. The molecule has 2 aliphatic rings. The van der Waals surface area contributed by atoms with E-state index in [1.165, 1.54) is 43.2 Å². The first-order valence-electron chi connectivity index (χ1n) is 18.0. The number of hydrogen-bond donors (Lipinski definition) is 0. The number of aliphatic imine (C=N–C) groups is 1. The molecule has 51 heavy (non-hydrogen) atoms. The average Bonchev–Trinajstić information content (AvgIpc) is 3.75. The van der Waals surface area contributed by atoms with Crippen molar-refractivity contribution in [1.82, 2.24) is 4.98 Å². The van der Waals surface area contributed by atoms with Crippen LogP contribution in [-0.4, -0.2) is 18.8 Å². The number of benzene rings is 5. The van der Waals surface area contributed by atoms with Crippen LogP contribution in [0.15, 0.2) is 137 Å². The molecule has 257 valence electrons. The van der Waals surface area contributed by atoms with E-state index in [9.17, 15) is 0 Å². The molecule has 2 aromatic heterocycles. The van der Waals surface area contributed by atoms with Crippen LogP contribution in [0.25, 0.3) is 33.2 Å². The minimum absolute atomic E-state index is 0. The fourth-order valence-corrected chi connectivity index (χ4v) is 9.38. The number of hydrogen-bond acceptors (Lipinski definition) is 3. The summed E-state index contributed by atoms with van der Waals surface area (Å²) in [5, 5.41) is 3.79. The van der Waals surface area contributed by atoms with Crippen LogP contribution in [0.4, 0.5) is 5.69 Å². The van der Waals surface area contributed by atoms with Gasteiger partial charge in [0.25, 0.3) is 0 Å². The van der Waals surface area contributed by atoms with Crippen molar-refractivity contribution in [3.05, 3.63) is 162 Å². The quantitative estimate of drug-likeness (QED) is 0.128. The van der Waals surface area contributed by atoms with Crippen molar-refractivity contribution >= 4 is 46.6 Å². The standard InChI is InChI=1S/C26H16NO.C20H26NSi.Ir/c1-2-9-17(10-3-1)24-20-12-4-6-15-22(20)27-25(24)21-14-8-13-19-18-11-5-7-16-23(18)28-26(19)21;1-22(2,3)20-15-21-19(17-12-8-5-9-13-17)14-18(20)16-10-6-4-7-11-16;/h1-13,15-16,24H;5,8-9,12,14-16H,4,6-7,10-11H2,1-3H3;/q2*-1;. The van der Waals surface area contributed by atoms with E-state index >= 15 is 0 Å². The van der Waals surface area contributed by atoms with Gasteiger partial charge in [-0.2, -0.15) is 0 Å². The molecule has 0 amide bonds. The zero-order valence-electron chi connectivity index (χ0n) is 29.5. The van der Waals surface area contributed by atoms with E-state index < -0.39 is 8.07 Å². The second-order valence-electron chi connectivity index (χ2n) is 14.6. The molecular weight excluding hydrogens is 817 g/mol. The van der Waals surface area contributed by atoms with Crippen molar-refractivity contribution in [2.24, 2.45) is 4.99 Å². The zero-order valence-corrected chi connectivity index (χ0v) is 32.8. The van der Waals surface area contributed by atoms with E-state index in [0.717, 1.165) is 56.1 Å². The first-order valence-corrected chi connectivity index (χ1v) is 21.5. The molecule has 1 fully saturated rings. The van der Waals surface area contributed by atoms with Gasteiger partial charge in [0.2, 0.25) is 0 Å². The van der Waals surface area contributed by atoms with Gasteiger partial charge in [0, 0.05) is 37.6 Å². The van der Waals surface area contributed by atoms with Gasteiger partial charge in [0.1, 0.15) is 5.58 Å². The van der Waals surface area contributed by atoms with Crippen molar-refractivity contribution < 1.29 is 24.5 Å². The van der Waals surface area contributed by atoms with E-state index in [1.54, 1.807) is 10.8 Å². The smallest absolute Gasteiger partial charge is 0.120 e. The summed E-state index contributed by atoms with van der Waals surface area (Å²) in [7, 11) is -1.36. The largest absolute Gasteiger partial charge is 0.501 e. The summed E-state index contributed by atoms with van der Waals surface area (Å²) in [6, 6.07) is 48.4. The number of furan rings is 1. The summed E-state index contributed by atoms with van der Waals surface area (Å²) in [5.74, 6) is 0.813. The van der Waals surface area contributed by atoms with Gasteiger partial charge in [0.05, 0.1) is 19.3 Å². The molecule has 9 rings (SSSR count). The molecule has 3 heterocycles. The Hall–Kier alpha value is -4.41. The van der Waals surface area contributed by atoms with Gasteiger partial charge in [0.15, 0.2) is 0 Å². The Bertz CT molecular complexity index is 2300. The molecule has 0 spiro atoms. The SMILES string of the molecule is C[Si](C)(C)c1cnc(-c2[c-]cccc2)cc1C1CCCCC1.[Ir].[c-]1ccc2c(oc3ccccc32)c1C1=Nc2ccccc2C1c1ccccc1. The monoisotopic (exact) mass is 859 g/mol. The summed E-state index contributed by atoms with van der Waals surface area (Å²) in [6.45, 7) is 7.31. The van der Waals surface area contributed by atoms with Gasteiger partial charge in [-0.3, -0.25) is 4.99 Å². The molecule has 0 bridgehead atoms. The Kier molecular flexibility index (Phi) is 10.3. The van der Waals surface area contributed by atoms with Crippen LogP contribution >= 0.6 is 0 Å². The Labute approximate surface area is 316 Å².